The Morgan fingerprint density at radius 2 is 2.07 bits per heavy atom. The zero-order valence-electron chi connectivity index (χ0n) is 15.8. The SMILES string of the molecule is N#CC1=CCC(C(=O)CCc2cccnc2)C(CCCc2cccc(F)c2)=C1.[HH].[HH]. The lowest BCUT2D eigenvalue weighted by Gasteiger charge is -2.22. The normalized spacial score (nSPS) is 16.1. The molecule has 1 aromatic carbocycles. The summed E-state index contributed by atoms with van der Waals surface area (Å²) in [6.07, 6.45) is 11.3. The van der Waals surface area contributed by atoms with Gasteiger partial charge in [-0.2, -0.15) is 5.26 Å². The van der Waals surface area contributed by atoms with Crippen molar-refractivity contribution in [3.63, 3.8) is 0 Å². The standard InChI is InChI=1S/C24H23FN2O.2H2/c25-22-8-2-5-18(15-22)4-1-7-21-14-20(16-26)9-11-23(21)24(28)12-10-19-6-3-13-27-17-19;;/h2-3,5-6,8-9,13-15,17,23H,1,4,7,10-12H2;2*1H. The van der Waals surface area contributed by atoms with E-state index in [4.69, 9.17) is 0 Å². The van der Waals surface area contributed by atoms with E-state index in [0.717, 1.165) is 36.0 Å². The minimum Gasteiger partial charge on any atom is -0.299 e. The number of aryl methyl sites for hydroxylation is 2. The Morgan fingerprint density at radius 1 is 1.21 bits per heavy atom. The molecule has 3 nitrogen and oxygen atoms in total. The monoisotopic (exact) mass is 378 g/mol. The first-order chi connectivity index (χ1) is 13.7. The number of Topliss-reactive ketones (excluding diaryl/α,β-unsaturated/α-hetero) is 1. The first-order valence-electron chi connectivity index (χ1n) is 9.62. The average Bonchev–Trinajstić information content (AvgIpc) is 2.73. The molecule has 3 rings (SSSR count). The fraction of sp³-hybridized carbons (Fsp3) is 0.292. The molecule has 1 heterocycles. The van der Waals surface area contributed by atoms with Crippen molar-refractivity contribution < 1.29 is 12.0 Å². The number of allylic oxidation sites excluding steroid dienone is 4. The van der Waals surface area contributed by atoms with Gasteiger partial charge in [-0.3, -0.25) is 9.78 Å². The number of nitriles is 1. The molecule has 1 aromatic heterocycles. The maximum Gasteiger partial charge on any atom is 0.140 e. The topological polar surface area (TPSA) is 53.8 Å². The molecule has 0 aliphatic heterocycles. The third-order valence-corrected chi connectivity index (χ3v) is 5.08. The molecule has 0 radical (unpaired) electrons. The van der Waals surface area contributed by atoms with Gasteiger partial charge in [-0.1, -0.05) is 29.8 Å². The van der Waals surface area contributed by atoms with Crippen LogP contribution in [0.2, 0.25) is 0 Å². The van der Waals surface area contributed by atoms with Gasteiger partial charge in [0, 0.05) is 33.2 Å². The molecule has 0 fully saturated rings. The summed E-state index contributed by atoms with van der Waals surface area (Å²) >= 11 is 0. The highest BCUT2D eigenvalue weighted by atomic mass is 19.1. The quantitative estimate of drug-likeness (QED) is 0.598. The second-order valence-electron chi connectivity index (χ2n) is 7.09. The highest BCUT2D eigenvalue weighted by molar-refractivity contribution is 5.84. The number of carbonyl (C=O) groups excluding carboxylic acids is 1. The highest BCUT2D eigenvalue weighted by Gasteiger charge is 2.24. The van der Waals surface area contributed by atoms with Crippen molar-refractivity contribution in [1.29, 1.82) is 5.26 Å². The van der Waals surface area contributed by atoms with Crippen LogP contribution in [-0.4, -0.2) is 10.8 Å². The molecule has 0 spiro atoms. The van der Waals surface area contributed by atoms with E-state index in [-0.39, 0.29) is 20.4 Å². The van der Waals surface area contributed by atoms with Gasteiger partial charge in [-0.25, -0.2) is 4.39 Å². The van der Waals surface area contributed by atoms with Crippen LogP contribution in [0.15, 0.2) is 72.1 Å². The number of pyridine rings is 1. The number of hydrogen-bond acceptors (Lipinski definition) is 3. The van der Waals surface area contributed by atoms with E-state index >= 15 is 0 Å². The number of rotatable bonds is 8. The summed E-state index contributed by atoms with van der Waals surface area (Å²) in [6.45, 7) is 0. The van der Waals surface area contributed by atoms with Crippen LogP contribution in [0, 0.1) is 23.1 Å². The molecule has 146 valence electrons. The van der Waals surface area contributed by atoms with Crippen LogP contribution in [0.25, 0.3) is 0 Å². The van der Waals surface area contributed by atoms with E-state index in [2.05, 4.69) is 11.1 Å². The maximum absolute atomic E-state index is 13.3. The van der Waals surface area contributed by atoms with Crippen LogP contribution in [0.3, 0.4) is 0 Å². The summed E-state index contributed by atoms with van der Waals surface area (Å²) in [5.41, 5.74) is 3.65. The van der Waals surface area contributed by atoms with Gasteiger partial charge in [-0.05, 0) is 67.5 Å². The molecule has 0 N–H and O–H groups in total. The predicted octanol–water partition coefficient (Wildman–Crippen LogP) is 5.63. The number of carbonyl (C=O) groups is 1. The molecule has 1 unspecified atom stereocenters. The fourth-order valence-corrected chi connectivity index (χ4v) is 3.59. The smallest absolute Gasteiger partial charge is 0.140 e. The van der Waals surface area contributed by atoms with Gasteiger partial charge in [0.05, 0.1) is 6.07 Å². The molecule has 2 aromatic rings. The van der Waals surface area contributed by atoms with Crippen molar-refractivity contribution >= 4 is 5.78 Å². The number of aromatic nitrogens is 1. The molecule has 0 amide bonds. The molecule has 0 bridgehead atoms. The van der Waals surface area contributed by atoms with Crippen LogP contribution in [-0.2, 0) is 17.6 Å². The van der Waals surface area contributed by atoms with Gasteiger partial charge in [-0.15, -0.1) is 0 Å². The van der Waals surface area contributed by atoms with Gasteiger partial charge < -0.3 is 0 Å². The number of nitrogens with zero attached hydrogens (tertiary/aromatic N) is 2. The van der Waals surface area contributed by atoms with E-state index in [9.17, 15) is 14.4 Å². The zero-order valence-corrected chi connectivity index (χ0v) is 15.8. The summed E-state index contributed by atoms with van der Waals surface area (Å²) in [6, 6.07) is 12.6. The molecular weight excluding hydrogens is 351 g/mol. The second-order valence-corrected chi connectivity index (χ2v) is 7.09. The third-order valence-electron chi connectivity index (χ3n) is 5.08. The second kappa shape index (κ2) is 9.75. The maximum atomic E-state index is 13.3. The molecule has 0 saturated heterocycles. The third kappa shape index (κ3) is 5.47. The van der Waals surface area contributed by atoms with Crippen molar-refractivity contribution in [2.24, 2.45) is 5.92 Å². The van der Waals surface area contributed by atoms with Crippen LogP contribution in [0.4, 0.5) is 4.39 Å². The van der Waals surface area contributed by atoms with Crippen LogP contribution in [0.1, 0.15) is 39.7 Å². The molecule has 0 saturated carbocycles. The van der Waals surface area contributed by atoms with Crippen LogP contribution < -0.4 is 0 Å². The average molecular weight is 378 g/mol. The predicted molar refractivity (Wildman–Crippen MR) is 111 cm³/mol. The lowest BCUT2D eigenvalue weighted by atomic mass is 9.81. The van der Waals surface area contributed by atoms with E-state index in [1.807, 2.05) is 30.4 Å². The summed E-state index contributed by atoms with van der Waals surface area (Å²) < 4.78 is 13.3. The lowest BCUT2D eigenvalue weighted by molar-refractivity contribution is -0.121. The van der Waals surface area contributed by atoms with Crippen molar-refractivity contribution in [3.8, 4) is 6.07 Å². The minimum atomic E-state index is -0.229. The Morgan fingerprint density at radius 3 is 2.82 bits per heavy atom. The van der Waals surface area contributed by atoms with Crippen molar-refractivity contribution in [1.82, 2.24) is 4.98 Å². The van der Waals surface area contributed by atoms with E-state index in [1.54, 1.807) is 24.5 Å². The minimum absolute atomic E-state index is 0. The summed E-state index contributed by atoms with van der Waals surface area (Å²) in [5.74, 6) is -0.192. The first-order valence-corrected chi connectivity index (χ1v) is 9.62. The van der Waals surface area contributed by atoms with Crippen molar-refractivity contribution in [3.05, 3.63) is 89.0 Å². The molecule has 4 heteroatoms. The molecule has 1 aliphatic carbocycles. The first kappa shape index (κ1) is 19.7. The van der Waals surface area contributed by atoms with E-state index < -0.39 is 0 Å². The molecule has 1 atom stereocenters. The van der Waals surface area contributed by atoms with E-state index in [1.165, 1.54) is 6.07 Å². The van der Waals surface area contributed by atoms with Crippen molar-refractivity contribution in [2.45, 2.75) is 38.5 Å². The van der Waals surface area contributed by atoms with Gasteiger partial charge >= 0.3 is 0 Å². The fourth-order valence-electron chi connectivity index (χ4n) is 3.59. The number of halogens is 1. The van der Waals surface area contributed by atoms with Gasteiger partial charge in [0.15, 0.2) is 0 Å². The van der Waals surface area contributed by atoms with Gasteiger partial charge in [0.2, 0.25) is 0 Å². The Bertz CT molecular complexity index is 936. The molecule has 1 aliphatic rings. The number of benzene rings is 1. The van der Waals surface area contributed by atoms with E-state index in [0.29, 0.717) is 24.8 Å². The number of hydrogen-bond donors (Lipinski definition) is 0. The van der Waals surface area contributed by atoms with Gasteiger partial charge in [0.25, 0.3) is 0 Å². The largest absolute Gasteiger partial charge is 0.299 e. The summed E-state index contributed by atoms with van der Waals surface area (Å²) in [5, 5.41) is 9.22. The Balaban J connectivity index is 0.00000225. The summed E-state index contributed by atoms with van der Waals surface area (Å²) in [4.78, 5) is 16.9. The van der Waals surface area contributed by atoms with Gasteiger partial charge in [0.1, 0.15) is 11.6 Å². The molecule has 28 heavy (non-hydrogen) atoms. The number of ketones is 1. The zero-order chi connectivity index (χ0) is 19.8. The Hall–Kier alpha value is -3.06. The van der Waals surface area contributed by atoms with Crippen LogP contribution in [0.5, 0.6) is 0 Å². The molecular formula is C24H27FN2O. The lowest BCUT2D eigenvalue weighted by Crippen LogP contribution is -2.19. The summed E-state index contributed by atoms with van der Waals surface area (Å²) in [7, 11) is 0. The Kier molecular flexibility index (Phi) is 6.86. The highest BCUT2D eigenvalue weighted by Crippen LogP contribution is 2.30. The Labute approximate surface area is 168 Å². The van der Waals surface area contributed by atoms with Crippen LogP contribution >= 0.6 is 0 Å². The van der Waals surface area contributed by atoms with Crippen molar-refractivity contribution in [2.75, 3.05) is 0 Å².